The van der Waals surface area contributed by atoms with E-state index in [1.807, 2.05) is 25.6 Å². The summed E-state index contributed by atoms with van der Waals surface area (Å²) in [4.78, 5) is 11.9. The van der Waals surface area contributed by atoms with Crippen LogP contribution in [0, 0.1) is 19.8 Å². The molecule has 3 heterocycles. The monoisotopic (exact) mass is 521 g/mol. The number of thioether (sulfide) groups is 1. The largest absolute Gasteiger partial charge is 0.444 e. The van der Waals surface area contributed by atoms with Crippen LogP contribution in [0.15, 0.2) is 9.41 Å². The molecule has 3 rings (SSSR count). The molecule has 0 aliphatic carbocycles. The lowest BCUT2D eigenvalue weighted by molar-refractivity contribution is 0.166. The number of likely N-dealkylation sites (tertiary alicyclic amines) is 1. The highest BCUT2D eigenvalue weighted by atomic mass is 127. The molecule has 2 aliphatic rings. The molecule has 0 aromatic carbocycles. The van der Waals surface area contributed by atoms with Gasteiger partial charge in [0.2, 0.25) is 5.89 Å². The van der Waals surface area contributed by atoms with E-state index in [0.717, 1.165) is 56.0 Å². The van der Waals surface area contributed by atoms with E-state index < -0.39 is 0 Å². The first-order chi connectivity index (χ1) is 13.1. The van der Waals surface area contributed by atoms with Crippen molar-refractivity contribution in [1.82, 2.24) is 20.5 Å². The van der Waals surface area contributed by atoms with Gasteiger partial charge in [0, 0.05) is 24.9 Å². The molecule has 0 radical (unpaired) electrons. The summed E-state index contributed by atoms with van der Waals surface area (Å²) in [7, 11) is 0. The molecule has 6 nitrogen and oxygen atoms in total. The molecule has 1 unspecified atom stereocenters. The van der Waals surface area contributed by atoms with E-state index in [4.69, 9.17) is 9.41 Å². The van der Waals surface area contributed by atoms with Gasteiger partial charge in [0.25, 0.3) is 0 Å². The molecule has 0 amide bonds. The fraction of sp³-hybridized carbons (Fsp3) is 0.800. The lowest BCUT2D eigenvalue weighted by Crippen LogP contribution is -2.45. The van der Waals surface area contributed by atoms with Gasteiger partial charge in [-0.3, -0.25) is 9.89 Å². The maximum Gasteiger partial charge on any atom is 0.208 e. The summed E-state index contributed by atoms with van der Waals surface area (Å²) in [6.07, 6.45) is 4.96. The number of nitrogens with zero attached hydrogens (tertiary/aromatic N) is 3. The molecule has 8 heteroatoms. The van der Waals surface area contributed by atoms with Gasteiger partial charge in [-0.15, -0.1) is 24.0 Å². The maximum atomic E-state index is 5.73. The first kappa shape index (κ1) is 23.8. The number of rotatable bonds is 6. The topological polar surface area (TPSA) is 65.7 Å². The lowest BCUT2D eigenvalue weighted by Gasteiger charge is -2.30. The number of aryl methyl sites for hydroxylation is 2. The Morgan fingerprint density at radius 3 is 2.68 bits per heavy atom. The van der Waals surface area contributed by atoms with E-state index in [0.29, 0.717) is 12.0 Å². The number of guanidine groups is 1. The Hall–Kier alpha value is -0.480. The average molecular weight is 522 g/mol. The van der Waals surface area contributed by atoms with Crippen molar-refractivity contribution in [2.45, 2.75) is 59.0 Å². The van der Waals surface area contributed by atoms with Gasteiger partial charge in [-0.2, -0.15) is 11.8 Å². The third-order valence-electron chi connectivity index (χ3n) is 5.49. The number of nitrogens with one attached hydrogen (secondary N) is 2. The van der Waals surface area contributed by atoms with Crippen LogP contribution in [0.5, 0.6) is 0 Å². The number of aliphatic imine (C=N–C) groups is 1. The Bertz CT molecular complexity index is 590. The van der Waals surface area contributed by atoms with E-state index in [-0.39, 0.29) is 24.0 Å². The number of piperidine rings is 1. The normalized spacial score (nSPS) is 22.0. The zero-order valence-electron chi connectivity index (χ0n) is 17.5. The van der Waals surface area contributed by atoms with Crippen LogP contribution >= 0.6 is 35.7 Å². The SMILES string of the molecule is CCNC(=NCC1CCN(Cc2nc(C)c(C)o2)CC1)NC1CCCSC1.I. The highest BCUT2D eigenvalue weighted by Crippen LogP contribution is 2.20. The molecule has 160 valence electrons. The standard InChI is InChI=1S/C20H35N5OS.HI/c1-4-21-20(24-18-6-5-11-27-14-18)22-12-17-7-9-25(10-8-17)13-19-23-15(2)16(3)26-19;/h17-18H,4-14H2,1-3H3,(H2,21,22,24);1H. The number of aromatic nitrogens is 1. The quantitative estimate of drug-likeness (QED) is 0.339. The smallest absolute Gasteiger partial charge is 0.208 e. The second-order valence-electron chi connectivity index (χ2n) is 7.75. The molecule has 0 spiro atoms. The number of hydrogen-bond donors (Lipinski definition) is 2. The van der Waals surface area contributed by atoms with E-state index >= 15 is 0 Å². The predicted octanol–water partition coefficient (Wildman–Crippen LogP) is 3.57. The third kappa shape index (κ3) is 7.40. The van der Waals surface area contributed by atoms with Crippen molar-refractivity contribution in [2.75, 3.05) is 37.7 Å². The van der Waals surface area contributed by atoms with Gasteiger partial charge in [0.1, 0.15) is 5.76 Å². The zero-order valence-corrected chi connectivity index (χ0v) is 20.6. The zero-order chi connectivity index (χ0) is 19.1. The molecule has 0 saturated carbocycles. The second kappa shape index (κ2) is 12.3. The average Bonchev–Trinajstić information content (AvgIpc) is 2.99. The molecule has 0 bridgehead atoms. The van der Waals surface area contributed by atoms with Crippen molar-refractivity contribution in [1.29, 1.82) is 0 Å². The Labute approximate surface area is 191 Å². The summed E-state index contributed by atoms with van der Waals surface area (Å²) in [5, 5.41) is 7.05. The molecule has 1 aromatic rings. The molecule has 1 aromatic heterocycles. The highest BCUT2D eigenvalue weighted by Gasteiger charge is 2.21. The van der Waals surface area contributed by atoms with Gasteiger partial charge < -0.3 is 15.1 Å². The molecule has 2 aliphatic heterocycles. The van der Waals surface area contributed by atoms with Crippen molar-refractivity contribution < 1.29 is 4.42 Å². The van der Waals surface area contributed by atoms with E-state index in [9.17, 15) is 0 Å². The molecular weight excluding hydrogens is 485 g/mol. The fourth-order valence-electron chi connectivity index (χ4n) is 3.71. The van der Waals surface area contributed by atoms with E-state index in [1.54, 1.807) is 0 Å². The highest BCUT2D eigenvalue weighted by molar-refractivity contribution is 14.0. The molecule has 28 heavy (non-hydrogen) atoms. The number of halogens is 1. The van der Waals surface area contributed by atoms with Crippen LogP contribution in [-0.2, 0) is 6.54 Å². The van der Waals surface area contributed by atoms with Crippen LogP contribution in [-0.4, -0.2) is 59.6 Å². The molecule has 1 atom stereocenters. The number of hydrogen-bond acceptors (Lipinski definition) is 5. The predicted molar refractivity (Wildman–Crippen MR) is 129 cm³/mol. The van der Waals surface area contributed by atoms with Crippen molar-refractivity contribution in [3.05, 3.63) is 17.3 Å². The molecule has 2 fully saturated rings. The Kier molecular flexibility index (Phi) is 10.4. The summed E-state index contributed by atoms with van der Waals surface area (Å²) in [6, 6.07) is 0.566. The van der Waals surface area contributed by atoms with Crippen molar-refractivity contribution in [2.24, 2.45) is 10.9 Å². The minimum Gasteiger partial charge on any atom is -0.444 e. The van der Waals surface area contributed by atoms with E-state index in [2.05, 4.69) is 27.4 Å². The Morgan fingerprint density at radius 1 is 1.29 bits per heavy atom. The first-order valence-electron chi connectivity index (χ1n) is 10.4. The van der Waals surface area contributed by atoms with Gasteiger partial charge in [-0.1, -0.05) is 0 Å². The van der Waals surface area contributed by atoms with Crippen LogP contribution < -0.4 is 10.6 Å². The molecule has 2 N–H and O–H groups in total. The minimum absolute atomic E-state index is 0. The third-order valence-corrected chi connectivity index (χ3v) is 6.71. The summed E-state index contributed by atoms with van der Waals surface area (Å²) in [5.74, 6) is 5.96. The summed E-state index contributed by atoms with van der Waals surface area (Å²) in [5.41, 5.74) is 1.01. The minimum atomic E-state index is 0. The van der Waals surface area contributed by atoms with Crippen LogP contribution in [0.2, 0.25) is 0 Å². The fourth-order valence-corrected chi connectivity index (χ4v) is 4.79. The van der Waals surface area contributed by atoms with Crippen molar-refractivity contribution in [3.63, 3.8) is 0 Å². The van der Waals surface area contributed by atoms with Crippen LogP contribution in [0.3, 0.4) is 0 Å². The summed E-state index contributed by atoms with van der Waals surface area (Å²) in [6.45, 7) is 11.0. The summed E-state index contributed by atoms with van der Waals surface area (Å²) >= 11 is 2.05. The Morgan fingerprint density at radius 2 is 2.07 bits per heavy atom. The molecule has 2 saturated heterocycles. The molecular formula is C20H36IN5OS. The van der Waals surface area contributed by atoms with Crippen LogP contribution in [0.4, 0.5) is 0 Å². The maximum absolute atomic E-state index is 5.73. The Balaban J connectivity index is 0.00000280. The second-order valence-corrected chi connectivity index (χ2v) is 8.90. The van der Waals surface area contributed by atoms with Crippen molar-refractivity contribution in [3.8, 4) is 0 Å². The lowest BCUT2D eigenvalue weighted by atomic mass is 9.97. The van der Waals surface area contributed by atoms with Crippen molar-refractivity contribution >= 4 is 41.7 Å². The van der Waals surface area contributed by atoms with Gasteiger partial charge in [0.05, 0.1) is 12.2 Å². The van der Waals surface area contributed by atoms with Gasteiger partial charge in [-0.05, 0) is 71.2 Å². The van der Waals surface area contributed by atoms with Crippen LogP contribution in [0.25, 0.3) is 0 Å². The van der Waals surface area contributed by atoms with Gasteiger partial charge in [0.15, 0.2) is 5.96 Å². The summed E-state index contributed by atoms with van der Waals surface area (Å²) < 4.78 is 5.73. The van der Waals surface area contributed by atoms with Gasteiger partial charge in [-0.25, -0.2) is 4.98 Å². The van der Waals surface area contributed by atoms with Crippen LogP contribution in [0.1, 0.15) is 50.0 Å². The van der Waals surface area contributed by atoms with Gasteiger partial charge >= 0.3 is 0 Å². The van der Waals surface area contributed by atoms with E-state index in [1.165, 1.54) is 37.2 Å². The first-order valence-corrected chi connectivity index (χ1v) is 11.6. The number of oxazole rings is 1.